The van der Waals surface area contributed by atoms with E-state index in [1.165, 1.54) is 41.7 Å². The highest BCUT2D eigenvalue weighted by molar-refractivity contribution is 7.22. The molecule has 0 aliphatic carbocycles. The summed E-state index contributed by atoms with van der Waals surface area (Å²) in [6, 6.07) is 16.0. The maximum atomic E-state index is 12.8. The Bertz CT molecular complexity index is 1820. The van der Waals surface area contributed by atoms with E-state index in [1.54, 1.807) is 12.1 Å². The van der Waals surface area contributed by atoms with Gasteiger partial charge in [-0.1, -0.05) is 35.3 Å². The van der Waals surface area contributed by atoms with Crippen LogP contribution in [-0.4, -0.2) is 22.6 Å². The highest BCUT2D eigenvalue weighted by atomic mass is 35.5. The van der Waals surface area contributed by atoms with E-state index in [-0.39, 0.29) is 27.1 Å². The summed E-state index contributed by atoms with van der Waals surface area (Å²) in [5, 5.41) is 15.6. The van der Waals surface area contributed by atoms with Gasteiger partial charge in [-0.25, -0.2) is 0 Å². The summed E-state index contributed by atoms with van der Waals surface area (Å²) in [5.74, 6) is -1.64. The zero-order valence-electron chi connectivity index (χ0n) is 19.8. The fourth-order valence-electron chi connectivity index (χ4n) is 3.77. The normalized spacial score (nSPS) is 10.9. The van der Waals surface area contributed by atoms with Crippen LogP contribution >= 0.6 is 45.9 Å². The number of thiophene rings is 2. The van der Waals surface area contributed by atoms with Crippen molar-refractivity contribution in [3.63, 3.8) is 0 Å². The Balaban J connectivity index is 1.22. The van der Waals surface area contributed by atoms with E-state index < -0.39 is 16.7 Å². The monoisotopic (exact) mass is 598 g/mol. The Morgan fingerprint density at radius 2 is 1.33 bits per heavy atom. The third-order valence-corrected chi connectivity index (χ3v) is 9.03. The molecule has 5 aromatic rings. The number of non-ortho nitro benzene ring substituents is 1. The number of benzene rings is 3. The van der Waals surface area contributed by atoms with Crippen LogP contribution in [0.2, 0.25) is 10.0 Å². The van der Waals surface area contributed by atoms with Gasteiger partial charge in [-0.15, -0.1) is 22.7 Å². The van der Waals surface area contributed by atoms with Gasteiger partial charge in [0.05, 0.1) is 15.0 Å². The van der Waals surface area contributed by atoms with Crippen molar-refractivity contribution in [2.75, 3.05) is 5.32 Å². The molecular weight excluding hydrogens is 583 g/mol. The van der Waals surface area contributed by atoms with Crippen LogP contribution in [0.3, 0.4) is 0 Å². The number of nitro benzene ring substituents is 1. The second-order valence-electron chi connectivity index (χ2n) is 8.37. The van der Waals surface area contributed by atoms with Crippen molar-refractivity contribution in [2.45, 2.75) is 6.92 Å². The SMILES string of the molecule is Cc1ccc2c(Cl)c(C(=O)Nc3ccc(C(=O)NNC(=O)c4sc5cc([N+](=O)[O-])ccc5c4Cl)cc3)sc2c1. The smallest absolute Gasteiger partial charge is 0.281 e. The maximum absolute atomic E-state index is 12.8. The second-order valence-corrected chi connectivity index (χ2v) is 11.2. The number of hydrogen-bond acceptors (Lipinski definition) is 7. The van der Waals surface area contributed by atoms with Crippen LogP contribution in [0.15, 0.2) is 60.7 Å². The van der Waals surface area contributed by atoms with Gasteiger partial charge >= 0.3 is 0 Å². The van der Waals surface area contributed by atoms with E-state index in [2.05, 4.69) is 16.2 Å². The molecule has 0 fully saturated rings. The predicted octanol–water partition coefficient (Wildman–Crippen LogP) is 6.97. The highest BCUT2D eigenvalue weighted by Gasteiger charge is 2.20. The standard InChI is InChI=1S/C26H16Cl2N4O5S2/c1-12-2-8-16-18(10-12)38-22(20(16)27)25(34)29-14-5-3-13(4-6-14)24(33)30-31-26(35)23-21(28)17-9-7-15(32(36)37)11-19(17)39-23/h2-11H,1H3,(H,29,34)(H,30,33)(H,31,35). The van der Waals surface area contributed by atoms with Crippen LogP contribution < -0.4 is 16.2 Å². The van der Waals surface area contributed by atoms with Crippen LogP contribution in [0.1, 0.15) is 35.3 Å². The summed E-state index contributed by atoms with van der Waals surface area (Å²) >= 11 is 15.0. The van der Waals surface area contributed by atoms with E-state index in [0.717, 1.165) is 27.0 Å². The van der Waals surface area contributed by atoms with E-state index >= 15 is 0 Å². The molecule has 0 saturated carbocycles. The van der Waals surface area contributed by atoms with Crippen LogP contribution in [0.5, 0.6) is 0 Å². The van der Waals surface area contributed by atoms with Crippen molar-refractivity contribution >= 4 is 95.1 Å². The number of hydrogen-bond donors (Lipinski definition) is 3. The zero-order valence-corrected chi connectivity index (χ0v) is 23.0. The number of nitrogens with one attached hydrogen (secondary N) is 3. The molecule has 2 heterocycles. The van der Waals surface area contributed by atoms with E-state index in [0.29, 0.717) is 25.7 Å². The Labute approximate surface area is 238 Å². The molecule has 0 saturated heterocycles. The van der Waals surface area contributed by atoms with Crippen molar-refractivity contribution in [1.29, 1.82) is 0 Å². The number of fused-ring (bicyclic) bond motifs is 2. The Morgan fingerprint density at radius 1 is 0.769 bits per heavy atom. The first-order valence-corrected chi connectivity index (χ1v) is 13.6. The van der Waals surface area contributed by atoms with Gasteiger partial charge in [-0.2, -0.15) is 0 Å². The van der Waals surface area contributed by atoms with Crippen molar-refractivity contribution in [3.8, 4) is 0 Å². The summed E-state index contributed by atoms with van der Waals surface area (Å²) in [6.45, 7) is 1.96. The fourth-order valence-corrected chi connectivity index (χ4v) is 6.72. The molecule has 3 aromatic carbocycles. The van der Waals surface area contributed by atoms with Gasteiger partial charge in [-0.05, 0) is 48.9 Å². The number of carbonyl (C=O) groups excluding carboxylic acids is 3. The Hall–Kier alpha value is -4.03. The van der Waals surface area contributed by atoms with Gasteiger partial charge in [0, 0.05) is 43.6 Å². The van der Waals surface area contributed by atoms with E-state index in [1.807, 2.05) is 25.1 Å². The van der Waals surface area contributed by atoms with Gasteiger partial charge in [0.1, 0.15) is 9.75 Å². The molecule has 0 radical (unpaired) electrons. The number of nitro groups is 1. The molecular formula is C26H16Cl2N4O5S2. The van der Waals surface area contributed by atoms with Gasteiger partial charge in [-0.3, -0.25) is 35.3 Å². The summed E-state index contributed by atoms with van der Waals surface area (Å²) in [7, 11) is 0. The first-order valence-electron chi connectivity index (χ1n) is 11.2. The minimum absolute atomic E-state index is 0.0978. The summed E-state index contributed by atoms with van der Waals surface area (Å²) in [4.78, 5) is 48.9. The molecule has 0 bridgehead atoms. The lowest BCUT2D eigenvalue weighted by atomic mass is 10.2. The van der Waals surface area contributed by atoms with Gasteiger partial charge in [0.25, 0.3) is 23.4 Å². The van der Waals surface area contributed by atoms with Crippen LogP contribution in [0.4, 0.5) is 11.4 Å². The minimum Gasteiger partial charge on any atom is -0.321 e. The molecule has 0 atom stereocenters. The molecule has 2 aromatic heterocycles. The molecule has 0 spiro atoms. The maximum Gasteiger partial charge on any atom is 0.281 e. The average Bonchev–Trinajstić information content (AvgIpc) is 3.43. The molecule has 39 heavy (non-hydrogen) atoms. The Kier molecular flexibility index (Phi) is 7.23. The number of carbonyl (C=O) groups is 3. The second kappa shape index (κ2) is 10.6. The molecule has 5 rings (SSSR count). The number of anilines is 1. The quantitative estimate of drug-likeness (QED) is 0.148. The third kappa shape index (κ3) is 5.30. The van der Waals surface area contributed by atoms with Crippen LogP contribution in [0.25, 0.3) is 20.2 Å². The Morgan fingerprint density at radius 3 is 1.97 bits per heavy atom. The number of amides is 3. The molecule has 0 unspecified atom stereocenters. The molecule has 3 amide bonds. The predicted molar refractivity (Wildman–Crippen MR) is 154 cm³/mol. The molecule has 196 valence electrons. The van der Waals surface area contributed by atoms with Gasteiger partial charge in [0.15, 0.2) is 0 Å². The molecule has 13 heteroatoms. The lowest BCUT2D eigenvalue weighted by Crippen LogP contribution is -2.41. The number of nitrogens with zero attached hydrogens (tertiary/aromatic N) is 1. The van der Waals surface area contributed by atoms with Gasteiger partial charge in [0.2, 0.25) is 0 Å². The summed E-state index contributed by atoms with van der Waals surface area (Å²) < 4.78 is 1.38. The largest absolute Gasteiger partial charge is 0.321 e. The van der Waals surface area contributed by atoms with E-state index in [9.17, 15) is 24.5 Å². The summed E-state index contributed by atoms with van der Waals surface area (Å²) in [5.41, 5.74) is 6.23. The average molecular weight is 599 g/mol. The first kappa shape index (κ1) is 26.6. The van der Waals surface area contributed by atoms with Crippen molar-refractivity contribution in [2.24, 2.45) is 0 Å². The molecule has 3 N–H and O–H groups in total. The first-order chi connectivity index (χ1) is 18.6. The lowest BCUT2D eigenvalue weighted by molar-refractivity contribution is -0.384. The fraction of sp³-hybridized carbons (Fsp3) is 0.0385. The van der Waals surface area contributed by atoms with Crippen molar-refractivity contribution in [3.05, 3.63) is 102 Å². The topological polar surface area (TPSA) is 130 Å². The number of hydrazine groups is 1. The zero-order chi connectivity index (χ0) is 27.8. The lowest BCUT2D eigenvalue weighted by Gasteiger charge is -2.08. The number of aryl methyl sites for hydroxylation is 1. The highest BCUT2D eigenvalue weighted by Crippen LogP contribution is 2.38. The van der Waals surface area contributed by atoms with Crippen molar-refractivity contribution in [1.82, 2.24) is 10.9 Å². The summed E-state index contributed by atoms with van der Waals surface area (Å²) in [6.07, 6.45) is 0. The van der Waals surface area contributed by atoms with Crippen molar-refractivity contribution < 1.29 is 19.3 Å². The van der Waals surface area contributed by atoms with Gasteiger partial charge < -0.3 is 5.32 Å². The number of halogens is 2. The minimum atomic E-state index is -0.670. The molecule has 0 aliphatic heterocycles. The van der Waals surface area contributed by atoms with Crippen LogP contribution in [-0.2, 0) is 0 Å². The van der Waals surface area contributed by atoms with E-state index in [4.69, 9.17) is 23.2 Å². The molecule has 0 aliphatic rings. The van der Waals surface area contributed by atoms with Crippen LogP contribution in [0, 0.1) is 17.0 Å². The third-order valence-electron chi connectivity index (χ3n) is 5.72. The number of rotatable bonds is 5. The molecule has 9 nitrogen and oxygen atoms in total.